The van der Waals surface area contributed by atoms with Crippen molar-refractivity contribution in [1.82, 2.24) is 14.7 Å². The van der Waals surface area contributed by atoms with Gasteiger partial charge in [0.25, 0.3) is 0 Å². The van der Waals surface area contributed by atoms with Crippen molar-refractivity contribution in [2.75, 3.05) is 0 Å². The highest BCUT2D eigenvalue weighted by molar-refractivity contribution is 7.90. The number of sulfonamides is 1. The zero-order valence-corrected chi connectivity index (χ0v) is 18.8. The number of nitrogens with one attached hydrogen (secondary N) is 2. The van der Waals surface area contributed by atoms with Crippen molar-refractivity contribution in [3.63, 3.8) is 0 Å². The second-order valence-corrected chi connectivity index (χ2v) is 11.6. The van der Waals surface area contributed by atoms with Crippen molar-refractivity contribution in [1.29, 1.82) is 0 Å². The van der Waals surface area contributed by atoms with E-state index in [0.29, 0.717) is 5.92 Å². The van der Waals surface area contributed by atoms with Crippen LogP contribution in [0.3, 0.4) is 0 Å². The van der Waals surface area contributed by atoms with E-state index < -0.39 is 14.8 Å². The van der Waals surface area contributed by atoms with Crippen molar-refractivity contribution in [3.8, 4) is 17.0 Å². The van der Waals surface area contributed by atoms with Crippen LogP contribution in [0.25, 0.3) is 11.3 Å². The molecule has 0 radical (unpaired) electrons. The minimum absolute atomic E-state index is 0.00905. The third kappa shape index (κ3) is 5.39. The SMILES string of the molecule is CC(C)Oc1cccc(-c2cnc(C3CCC(NS(=O)(=O)C(C)(C)C)CC3)[nH]2)c1. The maximum Gasteiger partial charge on any atom is 0.216 e. The first-order chi connectivity index (χ1) is 13.5. The van der Waals surface area contributed by atoms with Gasteiger partial charge in [0.1, 0.15) is 11.6 Å². The van der Waals surface area contributed by atoms with E-state index in [-0.39, 0.29) is 12.1 Å². The molecule has 0 unspecified atom stereocenters. The fourth-order valence-corrected chi connectivity index (χ4v) is 4.61. The average Bonchev–Trinajstić information content (AvgIpc) is 3.11. The highest BCUT2D eigenvalue weighted by atomic mass is 32.2. The van der Waals surface area contributed by atoms with Gasteiger partial charge in [-0.2, -0.15) is 0 Å². The summed E-state index contributed by atoms with van der Waals surface area (Å²) < 4.78 is 32.7. The van der Waals surface area contributed by atoms with Gasteiger partial charge >= 0.3 is 0 Å². The van der Waals surface area contributed by atoms with Crippen molar-refractivity contribution in [2.45, 2.75) is 83.1 Å². The third-order valence-corrected chi connectivity index (χ3v) is 7.61. The smallest absolute Gasteiger partial charge is 0.216 e. The molecule has 1 aliphatic carbocycles. The first-order valence-corrected chi connectivity index (χ1v) is 11.9. The van der Waals surface area contributed by atoms with E-state index >= 15 is 0 Å². The van der Waals surface area contributed by atoms with Gasteiger partial charge in [-0.05, 0) is 72.4 Å². The maximum absolute atomic E-state index is 12.4. The summed E-state index contributed by atoms with van der Waals surface area (Å²) in [6, 6.07) is 8.02. The molecule has 1 aliphatic rings. The van der Waals surface area contributed by atoms with Gasteiger partial charge in [0.2, 0.25) is 10.0 Å². The minimum Gasteiger partial charge on any atom is -0.491 e. The summed E-state index contributed by atoms with van der Waals surface area (Å²) in [5.41, 5.74) is 2.03. The minimum atomic E-state index is -3.31. The van der Waals surface area contributed by atoms with Crippen LogP contribution in [0.15, 0.2) is 30.5 Å². The second-order valence-electron chi connectivity index (χ2n) is 9.16. The van der Waals surface area contributed by atoms with Gasteiger partial charge in [0, 0.05) is 17.5 Å². The molecule has 3 rings (SSSR count). The molecule has 0 amide bonds. The lowest BCUT2D eigenvalue weighted by molar-refractivity contribution is 0.242. The van der Waals surface area contributed by atoms with Crippen LogP contribution < -0.4 is 9.46 Å². The number of aromatic amines is 1. The van der Waals surface area contributed by atoms with Crippen molar-refractivity contribution in [2.24, 2.45) is 0 Å². The van der Waals surface area contributed by atoms with Gasteiger partial charge in [-0.25, -0.2) is 18.1 Å². The molecule has 2 N–H and O–H groups in total. The molecule has 0 aliphatic heterocycles. The maximum atomic E-state index is 12.4. The summed E-state index contributed by atoms with van der Waals surface area (Å²) >= 11 is 0. The molecule has 1 heterocycles. The standard InChI is InChI=1S/C22H33N3O3S/c1-15(2)28-19-8-6-7-17(13-19)20-14-23-21(24-20)16-9-11-18(12-10-16)25-29(26,27)22(3,4)5/h6-8,13-16,18,25H,9-12H2,1-5H3,(H,23,24). The molecular formula is C22H33N3O3S. The van der Waals surface area contributed by atoms with E-state index in [1.165, 1.54) is 0 Å². The molecule has 0 saturated heterocycles. The fraction of sp³-hybridized carbons (Fsp3) is 0.591. The number of hydrogen-bond acceptors (Lipinski definition) is 4. The van der Waals surface area contributed by atoms with Gasteiger partial charge in [-0.3, -0.25) is 0 Å². The van der Waals surface area contributed by atoms with Crippen molar-refractivity contribution >= 4 is 10.0 Å². The van der Waals surface area contributed by atoms with Crippen LogP contribution in [0, 0.1) is 0 Å². The highest BCUT2D eigenvalue weighted by Crippen LogP contribution is 2.33. The van der Waals surface area contributed by atoms with Gasteiger partial charge in [-0.1, -0.05) is 12.1 Å². The number of aromatic nitrogens is 2. The zero-order valence-electron chi connectivity index (χ0n) is 18.0. The zero-order chi connectivity index (χ0) is 21.2. The molecule has 7 heteroatoms. The van der Waals surface area contributed by atoms with Crippen molar-refractivity contribution < 1.29 is 13.2 Å². The summed E-state index contributed by atoms with van der Waals surface area (Å²) in [6.07, 6.45) is 5.50. The van der Waals surface area contributed by atoms with Crippen LogP contribution in [0.1, 0.15) is 72.0 Å². The Hall–Kier alpha value is -1.86. The van der Waals surface area contributed by atoms with Gasteiger partial charge < -0.3 is 9.72 Å². The van der Waals surface area contributed by atoms with Crippen LogP contribution in [0.5, 0.6) is 5.75 Å². The number of H-pyrrole nitrogens is 1. The molecule has 6 nitrogen and oxygen atoms in total. The third-order valence-electron chi connectivity index (χ3n) is 5.35. The summed E-state index contributed by atoms with van der Waals surface area (Å²) in [5, 5.41) is 0. The Morgan fingerprint density at radius 2 is 1.86 bits per heavy atom. The predicted octanol–water partition coefficient (Wildman–Crippen LogP) is 4.61. The second kappa shape index (κ2) is 8.48. The summed E-state index contributed by atoms with van der Waals surface area (Å²) in [7, 11) is -3.31. The van der Waals surface area contributed by atoms with Gasteiger partial charge in [0.15, 0.2) is 0 Å². The molecular weight excluding hydrogens is 386 g/mol. The predicted molar refractivity (Wildman–Crippen MR) is 117 cm³/mol. The van der Waals surface area contributed by atoms with Crippen LogP contribution in [-0.2, 0) is 10.0 Å². The monoisotopic (exact) mass is 419 g/mol. The molecule has 1 fully saturated rings. The van der Waals surface area contributed by atoms with E-state index in [1.54, 1.807) is 20.8 Å². The Bertz CT molecular complexity index is 921. The molecule has 1 aromatic heterocycles. The molecule has 2 aromatic rings. The van der Waals surface area contributed by atoms with Crippen molar-refractivity contribution in [3.05, 3.63) is 36.3 Å². The first kappa shape index (κ1) is 21.8. The molecule has 1 aromatic carbocycles. The van der Waals surface area contributed by atoms with E-state index in [4.69, 9.17) is 4.74 Å². The van der Waals surface area contributed by atoms with Crippen LogP contribution in [0.4, 0.5) is 0 Å². The summed E-state index contributed by atoms with van der Waals surface area (Å²) in [4.78, 5) is 8.07. The lowest BCUT2D eigenvalue weighted by Crippen LogP contribution is -2.45. The highest BCUT2D eigenvalue weighted by Gasteiger charge is 2.33. The van der Waals surface area contributed by atoms with Crippen LogP contribution in [0.2, 0.25) is 0 Å². The number of hydrogen-bond donors (Lipinski definition) is 2. The molecule has 0 bridgehead atoms. The molecule has 160 valence electrons. The van der Waals surface area contributed by atoms with E-state index in [9.17, 15) is 8.42 Å². The molecule has 0 spiro atoms. The average molecular weight is 420 g/mol. The van der Waals surface area contributed by atoms with Gasteiger partial charge in [0.05, 0.1) is 22.7 Å². The Labute approximate surface area is 174 Å². The van der Waals surface area contributed by atoms with E-state index in [2.05, 4.69) is 14.7 Å². The topological polar surface area (TPSA) is 84.1 Å². The molecule has 29 heavy (non-hydrogen) atoms. The molecule has 1 saturated carbocycles. The molecule has 0 atom stereocenters. The van der Waals surface area contributed by atoms with E-state index in [0.717, 1.165) is 48.5 Å². The lowest BCUT2D eigenvalue weighted by atomic mass is 9.86. The lowest BCUT2D eigenvalue weighted by Gasteiger charge is -2.30. The normalized spacial score (nSPS) is 20.8. The Kier molecular flexibility index (Phi) is 6.39. The largest absolute Gasteiger partial charge is 0.491 e. The first-order valence-electron chi connectivity index (χ1n) is 10.4. The van der Waals surface area contributed by atoms with Crippen LogP contribution >= 0.6 is 0 Å². The van der Waals surface area contributed by atoms with E-state index in [1.807, 2.05) is 44.3 Å². The Balaban J connectivity index is 1.63. The number of nitrogens with zero attached hydrogens (tertiary/aromatic N) is 1. The number of imidazole rings is 1. The fourth-order valence-electron chi connectivity index (χ4n) is 3.58. The van der Waals surface area contributed by atoms with Gasteiger partial charge in [-0.15, -0.1) is 0 Å². The summed E-state index contributed by atoms with van der Waals surface area (Å²) in [6.45, 7) is 9.21. The quantitative estimate of drug-likeness (QED) is 0.716. The number of benzene rings is 1. The van der Waals surface area contributed by atoms with Crippen LogP contribution in [-0.4, -0.2) is 35.3 Å². The number of rotatable bonds is 6. The Morgan fingerprint density at radius 1 is 1.17 bits per heavy atom. The number of ether oxygens (including phenoxy) is 1. The Morgan fingerprint density at radius 3 is 2.48 bits per heavy atom. The summed E-state index contributed by atoms with van der Waals surface area (Å²) in [5.74, 6) is 2.15.